The van der Waals surface area contributed by atoms with Crippen molar-refractivity contribution >= 4 is 17.3 Å². The van der Waals surface area contributed by atoms with Crippen molar-refractivity contribution in [3.8, 4) is 0 Å². The van der Waals surface area contributed by atoms with Gasteiger partial charge in [0.25, 0.3) is 0 Å². The van der Waals surface area contributed by atoms with Crippen molar-refractivity contribution in [3.05, 3.63) is 24.4 Å². The maximum atomic E-state index is 6.78. The number of dihydropyridines is 1. The standard InChI is InChI=1S/C6H8N2S/c7-5-9-6-3-1-2-4-8-6/h1-8H. The van der Waals surface area contributed by atoms with Crippen LogP contribution in [-0.4, -0.2) is 10.9 Å². The molecule has 1 aliphatic rings. The van der Waals surface area contributed by atoms with E-state index in [1.807, 2.05) is 24.4 Å². The number of hydrogen-bond acceptors (Lipinski definition) is 3. The van der Waals surface area contributed by atoms with Crippen molar-refractivity contribution < 1.29 is 0 Å². The Kier molecular flexibility index (Phi) is 2.39. The van der Waals surface area contributed by atoms with Crippen LogP contribution in [0.2, 0.25) is 0 Å². The minimum Gasteiger partial charge on any atom is -0.376 e. The largest absolute Gasteiger partial charge is 0.376 e. The van der Waals surface area contributed by atoms with Gasteiger partial charge in [-0.3, -0.25) is 0 Å². The summed E-state index contributed by atoms with van der Waals surface area (Å²) >= 11 is 1.44. The average Bonchev–Trinajstić information content (AvgIpc) is 1.91. The summed E-state index contributed by atoms with van der Waals surface area (Å²) in [5.74, 6) is 0. The van der Waals surface area contributed by atoms with E-state index >= 15 is 0 Å². The molecular formula is C6H8N2S. The Morgan fingerprint density at radius 1 is 1.56 bits per heavy atom. The van der Waals surface area contributed by atoms with Gasteiger partial charge in [-0.15, -0.1) is 0 Å². The first kappa shape index (κ1) is 6.42. The van der Waals surface area contributed by atoms with Crippen LogP contribution in [-0.2, 0) is 0 Å². The lowest BCUT2D eigenvalue weighted by atomic mass is 10.4. The van der Waals surface area contributed by atoms with Crippen LogP contribution in [0.1, 0.15) is 0 Å². The second-order valence-electron chi connectivity index (χ2n) is 1.59. The molecule has 2 N–H and O–H groups in total. The third kappa shape index (κ3) is 1.93. The molecule has 48 valence electrons. The van der Waals surface area contributed by atoms with Crippen LogP contribution in [0.5, 0.6) is 0 Å². The molecule has 0 saturated carbocycles. The lowest BCUT2D eigenvalue weighted by Crippen LogP contribution is -2.19. The molecule has 0 aromatic rings. The predicted molar refractivity (Wildman–Crippen MR) is 41.6 cm³/mol. The summed E-state index contributed by atoms with van der Waals surface area (Å²) < 4.78 is 0. The van der Waals surface area contributed by atoms with Crippen molar-refractivity contribution in [2.45, 2.75) is 5.37 Å². The molecule has 1 heterocycles. The molecule has 0 aliphatic carbocycles. The van der Waals surface area contributed by atoms with Crippen LogP contribution >= 0.6 is 11.8 Å². The van der Waals surface area contributed by atoms with Crippen molar-refractivity contribution in [2.24, 2.45) is 0 Å². The number of allylic oxidation sites excluding steroid dienone is 2. The van der Waals surface area contributed by atoms with Crippen molar-refractivity contribution in [2.75, 3.05) is 0 Å². The second-order valence-corrected chi connectivity index (χ2v) is 2.60. The molecule has 1 atom stereocenters. The van der Waals surface area contributed by atoms with Gasteiger partial charge in [0.05, 0.1) is 10.9 Å². The molecule has 0 spiro atoms. The zero-order valence-electron chi connectivity index (χ0n) is 4.87. The van der Waals surface area contributed by atoms with E-state index in [0.29, 0.717) is 0 Å². The third-order valence-corrected chi connectivity index (χ3v) is 1.69. The summed E-state index contributed by atoms with van der Waals surface area (Å²) in [5.41, 5.74) is 1.33. The highest BCUT2D eigenvalue weighted by Gasteiger charge is 1.99. The number of rotatable bonds is 2. The van der Waals surface area contributed by atoms with Gasteiger partial charge in [0.2, 0.25) is 0 Å². The molecule has 0 fully saturated rings. The molecule has 0 amide bonds. The van der Waals surface area contributed by atoms with Gasteiger partial charge in [0, 0.05) is 0 Å². The molecule has 0 saturated heterocycles. The summed E-state index contributed by atoms with van der Waals surface area (Å²) in [6.45, 7) is 0. The van der Waals surface area contributed by atoms with Gasteiger partial charge < -0.3 is 10.7 Å². The van der Waals surface area contributed by atoms with E-state index in [1.165, 1.54) is 17.3 Å². The molecular weight excluding hydrogens is 132 g/mol. The van der Waals surface area contributed by atoms with Crippen LogP contribution in [0.15, 0.2) is 24.4 Å². The highest BCUT2D eigenvalue weighted by molar-refractivity contribution is 8.12. The van der Waals surface area contributed by atoms with E-state index in [2.05, 4.69) is 5.32 Å². The summed E-state index contributed by atoms with van der Waals surface area (Å²) in [6, 6.07) is 0. The van der Waals surface area contributed by atoms with Gasteiger partial charge in [-0.1, -0.05) is 23.9 Å². The number of nitrogens with one attached hydrogen (secondary N) is 2. The first-order valence-electron chi connectivity index (χ1n) is 2.67. The maximum absolute atomic E-state index is 6.78. The molecule has 1 rings (SSSR count). The van der Waals surface area contributed by atoms with E-state index in [4.69, 9.17) is 5.41 Å². The molecule has 0 radical (unpaired) electrons. The van der Waals surface area contributed by atoms with Gasteiger partial charge in [-0.25, -0.2) is 0 Å². The van der Waals surface area contributed by atoms with Crippen molar-refractivity contribution in [3.63, 3.8) is 0 Å². The van der Waals surface area contributed by atoms with Crippen LogP contribution in [0.3, 0.4) is 0 Å². The zero-order chi connectivity index (χ0) is 6.53. The van der Waals surface area contributed by atoms with Crippen LogP contribution in [0.25, 0.3) is 0 Å². The molecule has 3 heteroatoms. The molecule has 1 unspecified atom stereocenters. The number of thioether (sulfide) groups is 1. The minimum absolute atomic E-state index is 0.257. The Hall–Kier alpha value is -0.700. The quantitative estimate of drug-likeness (QED) is 0.448. The monoisotopic (exact) mass is 140 g/mol. The van der Waals surface area contributed by atoms with E-state index in [0.717, 1.165) is 0 Å². The SMILES string of the molecule is N=CSC1C=CC=CN1. The summed E-state index contributed by atoms with van der Waals surface area (Å²) in [5, 5.41) is 10.1. The Morgan fingerprint density at radius 3 is 3.00 bits per heavy atom. The van der Waals surface area contributed by atoms with Crippen molar-refractivity contribution in [1.82, 2.24) is 5.32 Å². The first-order chi connectivity index (χ1) is 4.43. The van der Waals surface area contributed by atoms with Crippen LogP contribution in [0.4, 0.5) is 0 Å². The summed E-state index contributed by atoms with van der Waals surface area (Å²) in [7, 11) is 0. The smallest absolute Gasteiger partial charge is 0.0963 e. The fourth-order valence-corrected chi connectivity index (χ4v) is 1.07. The molecule has 0 aromatic carbocycles. The first-order valence-corrected chi connectivity index (χ1v) is 3.61. The van der Waals surface area contributed by atoms with Crippen LogP contribution < -0.4 is 5.32 Å². The molecule has 9 heavy (non-hydrogen) atoms. The lowest BCUT2D eigenvalue weighted by Gasteiger charge is -2.10. The minimum atomic E-state index is 0.257. The summed E-state index contributed by atoms with van der Waals surface area (Å²) in [6.07, 6.45) is 7.79. The maximum Gasteiger partial charge on any atom is 0.0963 e. The van der Waals surface area contributed by atoms with Crippen molar-refractivity contribution in [1.29, 1.82) is 5.41 Å². The van der Waals surface area contributed by atoms with E-state index in [9.17, 15) is 0 Å². The normalized spacial score (nSPS) is 23.3. The lowest BCUT2D eigenvalue weighted by molar-refractivity contribution is 0.917. The topological polar surface area (TPSA) is 35.9 Å². The Bertz CT molecular complexity index is 149. The van der Waals surface area contributed by atoms with Gasteiger partial charge in [0.15, 0.2) is 0 Å². The highest BCUT2D eigenvalue weighted by atomic mass is 32.2. The molecule has 0 bridgehead atoms. The second kappa shape index (κ2) is 3.35. The fourth-order valence-electron chi connectivity index (χ4n) is 0.585. The van der Waals surface area contributed by atoms with Gasteiger partial charge in [-0.05, 0) is 12.3 Å². The Labute approximate surface area is 58.5 Å². The average molecular weight is 140 g/mol. The Morgan fingerprint density at radius 2 is 2.44 bits per heavy atom. The van der Waals surface area contributed by atoms with E-state index in [-0.39, 0.29) is 5.37 Å². The number of hydrogen-bond donors (Lipinski definition) is 2. The molecule has 2 nitrogen and oxygen atoms in total. The fraction of sp³-hybridized carbons (Fsp3) is 0.167. The summed E-state index contributed by atoms with van der Waals surface area (Å²) in [4.78, 5) is 0. The molecule has 0 aromatic heterocycles. The Balaban J connectivity index is 2.36. The zero-order valence-corrected chi connectivity index (χ0v) is 5.69. The van der Waals surface area contributed by atoms with Gasteiger partial charge in [0.1, 0.15) is 0 Å². The van der Waals surface area contributed by atoms with E-state index < -0.39 is 0 Å². The van der Waals surface area contributed by atoms with Gasteiger partial charge in [-0.2, -0.15) is 0 Å². The third-order valence-electron chi connectivity index (χ3n) is 0.968. The predicted octanol–water partition coefficient (Wildman–Crippen LogP) is 1.33. The van der Waals surface area contributed by atoms with Gasteiger partial charge >= 0.3 is 0 Å². The molecule has 1 aliphatic heterocycles. The van der Waals surface area contributed by atoms with E-state index in [1.54, 1.807) is 0 Å². The highest BCUT2D eigenvalue weighted by Crippen LogP contribution is 2.07. The van der Waals surface area contributed by atoms with Crippen LogP contribution in [0, 0.1) is 5.41 Å².